The van der Waals surface area contributed by atoms with Gasteiger partial charge >= 0.3 is 332 Å². The van der Waals surface area contributed by atoms with Gasteiger partial charge < -0.3 is 0 Å². The fraction of sp³-hybridized carbons (Fsp3) is 0.327. The molecule has 0 N–H and O–H groups in total. The Balaban J connectivity index is 1.55. The molecule has 52 heavy (non-hydrogen) atoms. The predicted octanol–water partition coefficient (Wildman–Crippen LogP) is 14.2. The number of benzene rings is 4. The normalized spacial score (nSPS) is 19.3. The summed E-state index contributed by atoms with van der Waals surface area (Å²) in [7, 11) is 0. The van der Waals surface area contributed by atoms with E-state index in [2.05, 4.69) is 154 Å². The van der Waals surface area contributed by atoms with Crippen LogP contribution in [0.1, 0.15) is 124 Å². The summed E-state index contributed by atoms with van der Waals surface area (Å²) in [5.41, 5.74) is 18.3. The molecule has 0 spiro atoms. The average molecular weight is 801 g/mol. The van der Waals surface area contributed by atoms with Gasteiger partial charge in [-0.25, -0.2) is 0 Å². The van der Waals surface area contributed by atoms with E-state index in [1.807, 2.05) is 12.1 Å². The molecule has 0 aromatic heterocycles. The Kier molecular flexibility index (Phi) is 8.78. The van der Waals surface area contributed by atoms with Crippen LogP contribution in [0.2, 0.25) is 10.0 Å². The molecule has 8 rings (SSSR count). The molecule has 0 saturated carbocycles. The molecular weight excluding hydrogens is 751 g/mol. The van der Waals surface area contributed by atoms with Crippen molar-refractivity contribution in [3.05, 3.63) is 161 Å². The molecule has 4 aromatic carbocycles. The summed E-state index contributed by atoms with van der Waals surface area (Å²) in [6.07, 6.45) is 11.3. The number of hydrogen-bond acceptors (Lipinski definition) is 0. The number of rotatable bonds is 5. The first-order valence-electron chi connectivity index (χ1n) is 19.0. The first-order chi connectivity index (χ1) is 24.5. The summed E-state index contributed by atoms with van der Waals surface area (Å²) >= 11 is 10.7. The van der Waals surface area contributed by atoms with Crippen LogP contribution in [0.3, 0.4) is 0 Å². The van der Waals surface area contributed by atoms with Crippen molar-refractivity contribution in [1.29, 1.82) is 0 Å². The van der Waals surface area contributed by atoms with E-state index in [1.165, 1.54) is 75.6 Å². The second-order valence-electron chi connectivity index (χ2n) is 17.8. The molecular formula is C49H50Cl2Zr. The van der Waals surface area contributed by atoms with Crippen molar-refractivity contribution >= 4 is 37.6 Å². The first kappa shape index (κ1) is 36.2. The molecule has 0 bridgehead atoms. The first-order valence-corrected chi connectivity index (χ1v) is 23.6. The third kappa shape index (κ3) is 5.84. The van der Waals surface area contributed by atoms with Crippen molar-refractivity contribution in [1.82, 2.24) is 0 Å². The summed E-state index contributed by atoms with van der Waals surface area (Å²) in [5, 5.41) is 1.55. The van der Waals surface area contributed by atoms with Crippen LogP contribution >= 0.6 is 23.2 Å². The number of halogens is 2. The van der Waals surface area contributed by atoms with Crippen LogP contribution in [-0.4, -0.2) is 3.21 Å². The van der Waals surface area contributed by atoms with Crippen molar-refractivity contribution in [2.45, 2.75) is 90.1 Å². The topological polar surface area (TPSA) is 0 Å². The van der Waals surface area contributed by atoms with Crippen molar-refractivity contribution in [2.75, 3.05) is 0 Å². The van der Waals surface area contributed by atoms with Crippen molar-refractivity contribution in [2.24, 2.45) is 11.3 Å². The van der Waals surface area contributed by atoms with Crippen LogP contribution in [0, 0.1) is 11.3 Å². The average Bonchev–Trinajstić information content (AvgIpc) is 3.76. The minimum absolute atomic E-state index is 0.0215. The molecule has 1 unspecified atom stereocenters. The number of allylic oxidation sites excluding steroid dienone is 8. The Morgan fingerprint density at radius 3 is 1.60 bits per heavy atom. The molecule has 4 aliphatic carbocycles. The van der Waals surface area contributed by atoms with Gasteiger partial charge in [-0.1, -0.05) is 0 Å². The van der Waals surface area contributed by atoms with Crippen LogP contribution in [0.4, 0.5) is 0 Å². The molecule has 0 nitrogen and oxygen atoms in total. The third-order valence-corrected chi connectivity index (χ3v) is 21.1. The van der Waals surface area contributed by atoms with Gasteiger partial charge in [0, 0.05) is 0 Å². The molecule has 0 aliphatic heterocycles. The Hall–Kier alpha value is -2.83. The SMILES string of the molecule is CCC1C=C(C(C)(C)C)C=[C]1[Zr](=[C](c1cccc(Cl)c1)c1cccc(Cl)c1)[CH]1c2cc3c(cc2-c2cc4c(cc21)C(C)(C)C=C4C)C(C)=CC3(C)C. The van der Waals surface area contributed by atoms with Gasteiger partial charge in [0.15, 0.2) is 0 Å². The Morgan fingerprint density at radius 2 is 1.17 bits per heavy atom. The van der Waals surface area contributed by atoms with E-state index in [1.54, 1.807) is 3.28 Å². The van der Waals surface area contributed by atoms with Crippen molar-refractivity contribution < 1.29 is 21.3 Å². The van der Waals surface area contributed by atoms with Gasteiger partial charge in [0.05, 0.1) is 0 Å². The number of fused-ring (bicyclic) bond motifs is 5. The molecule has 0 amide bonds. The molecule has 3 heteroatoms. The third-order valence-electron chi connectivity index (χ3n) is 12.2. The standard InChI is InChI=1S/C25H25.C13H8Cl2.C11H17.Zr/c1-14-12-24(3,4)22-8-16-7-17-9-23-19(15(2)13-25(23,5)6)11-21(17)20(16)10-18(14)22;14-12-5-1-3-10(8-12)7-11-4-2-6-13(15)9-11;1-5-9-6-7-10(8-9)11(2,3)4;/h7-13H,1-6H3;1-6,8-9H;7-9H,5H2,1-4H3;. The summed E-state index contributed by atoms with van der Waals surface area (Å²) in [4.78, 5) is 0. The van der Waals surface area contributed by atoms with Gasteiger partial charge in [0.25, 0.3) is 0 Å². The molecule has 0 saturated heterocycles. The maximum absolute atomic E-state index is 6.90. The van der Waals surface area contributed by atoms with Crippen LogP contribution in [0.5, 0.6) is 0 Å². The van der Waals surface area contributed by atoms with Crippen molar-refractivity contribution in [3.63, 3.8) is 0 Å². The number of hydrogen-bond donors (Lipinski definition) is 0. The fourth-order valence-corrected chi connectivity index (χ4v) is 19.8. The molecule has 4 aliphatic rings. The minimum atomic E-state index is -3.13. The molecule has 264 valence electrons. The van der Waals surface area contributed by atoms with E-state index in [0.29, 0.717) is 5.92 Å². The van der Waals surface area contributed by atoms with Gasteiger partial charge in [-0.15, -0.1) is 0 Å². The van der Waals surface area contributed by atoms with Crippen LogP contribution in [0.15, 0.2) is 106 Å². The van der Waals surface area contributed by atoms with Crippen LogP contribution in [-0.2, 0) is 32.1 Å². The van der Waals surface area contributed by atoms with E-state index in [9.17, 15) is 0 Å². The zero-order chi connectivity index (χ0) is 37.1. The quantitative estimate of drug-likeness (QED) is 0.189. The Bertz CT molecular complexity index is 2230. The van der Waals surface area contributed by atoms with E-state index < -0.39 is 21.3 Å². The second-order valence-corrected chi connectivity index (χ2v) is 24.8. The van der Waals surface area contributed by atoms with E-state index in [-0.39, 0.29) is 19.9 Å². The predicted molar refractivity (Wildman–Crippen MR) is 223 cm³/mol. The summed E-state index contributed by atoms with van der Waals surface area (Å²) in [6.45, 7) is 23.6. The second kappa shape index (κ2) is 12.6. The summed E-state index contributed by atoms with van der Waals surface area (Å²) < 4.78 is 3.43. The van der Waals surface area contributed by atoms with Gasteiger partial charge in [-0.05, 0) is 0 Å². The van der Waals surface area contributed by atoms with Gasteiger partial charge in [-0.2, -0.15) is 0 Å². The van der Waals surface area contributed by atoms with E-state index in [4.69, 9.17) is 23.2 Å². The van der Waals surface area contributed by atoms with Gasteiger partial charge in [0.2, 0.25) is 0 Å². The molecule has 4 aromatic rings. The van der Waals surface area contributed by atoms with Gasteiger partial charge in [0.1, 0.15) is 0 Å². The monoisotopic (exact) mass is 798 g/mol. The Morgan fingerprint density at radius 1 is 0.692 bits per heavy atom. The van der Waals surface area contributed by atoms with E-state index in [0.717, 1.165) is 16.5 Å². The molecule has 0 radical (unpaired) electrons. The van der Waals surface area contributed by atoms with E-state index >= 15 is 0 Å². The molecule has 0 heterocycles. The Labute approximate surface area is 329 Å². The van der Waals surface area contributed by atoms with Gasteiger partial charge in [-0.3, -0.25) is 0 Å². The zero-order valence-electron chi connectivity index (χ0n) is 32.4. The van der Waals surface area contributed by atoms with Crippen molar-refractivity contribution in [3.8, 4) is 11.1 Å². The fourth-order valence-electron chi connectivity index (χ4n) is 9.70. The summed E-state index contributed by atoms with van der Waals surface area (Å²) in [5.74, 6) is 0.397. The molecule has 0 fully saturated rings. The zero-order valence-corrected chi connectivity index (χ0v) is 36.3. The summed E-state index contributed by atoms with van der Waals surface area (Å²) in [6, 6.07) is 27.7. The maximum atomic E-state index is 6.90. The van der Waals surface area contributed by atoms with Crippen LogP contribution < -0.4 is 0 Å². The van der Waals surface area contributed by atoms with Crippen LogP contribution in [0.25, 0.3) is 22.3 Å². The molecule has 1 atom stereocenters.